The predicted molar refractivity (Wildman–Crippen MR) is 104 cm³/mol. The number of nitrogens with one attached hydrogen (secondary N) is 1. The summed E-state index contributed by atoms with van der Waals surface area (Å²) in [7, 11) is 0. The molecule has 0 saturated carbocycles. The Balaban J connectivity index is 1.30. The van der Waals surface area contributed by atoms with Crippen molar-refractivity contribution in [3.8, 4) is 0 Å². The lowest BCUT2D eigenvalue weighted by Gasteiger charge is -2.42. The van der Waals surface area contributed by atoms with Crippen LogP contribution in [0, 0.1) is 5.82 Å². The molecule has 3 aliphatic rings. The molecule has 2 aliphatic heterocycles. The second-order valence-corrected chi connectivity index (χ2v) is 7.84. The molecule has 5 rings (SSSR count). The van der Waals surface area contributed by atoms with Gasteiger partial charge in [-0.1, -0.05) is 18.2 Å². The minimum Gasteiger partial charge on any atom is -0.366 e. The summed E-state index contributed by atoms with van der Waals surface area (Å²) in [5.41, 5.74) is 5.19. The number of likely N-dealkylation sites (tertiary alicyclic amines) is 1. The van der Waals surface area contributed by atoms with Gasteiger partial charge in [0, 0.05) is 25.2 Å². The highest BCUT2D eigenvalue weighted by atomic mass is 19.1. The zero-order valence-corrected chi connectivity index (χ0v) is 15.1. The standard InChI is InChI=1S/C22H26FN3/c23-17-9-8-16-4-3-7-21(19(16)14-17)25-12-10-18(11-13-25)26-15-24-20-5-1-2-6-22(20)26/h1-2,5-6,8-9,14,18,21,24H,3-4,7,10-13,15H2. The molecule has 3 nitrogen and oxygen atoms in total. The number of aryl methyl sites for hydroxylation is 1. The van der Waals surface area contributed by atoms with Crippen LogP contribution in [0.4, 0.5) is 15.8 Å². The lowest BCUT2D eigenvalue weighted by molar-refractivity contribution is 0.137. The molecular weight excluding hydrogens is 325 g/mol. The zero-order valence-electron chi connectivity index (χ0n) is 15.1. The molecule has 0 aromatic heterocycles. The Morgan fingerprint density at radius 2 is 1.85 bits per heavy atom. The molecular formula is C22H26FN3. The van der Waals surface area contributed by atoms with Crippen LogP contribution in [0.3, 0.4) is 0 Å². The average molecular weight is 351 g/mol. The Hall–Kier alpha value is -2.07. The van der Waals surface area contributed by atoms with E-state index in [9.17, 15) is 4.39 Å². The highest BCUT2D eigenvalue weighted by Crippen LogP contribution is 2.39. The van der Waals surface area contributed by atoms with E-state index in [0.717, 1.165) is 32.6 Å². The molecule has 4 heteroatoms. The molecule has 2 heterocycles. The maximum absolute atomic E-state index is 13.8. The molecule has 1 N–H and O–H groups in total. The lowest BCUT2D eigenvalue weighted by atomic mass is 9.85. The third-order valence-corrected chi connectivity index (χ3v) is 6.42. The van der Waals surface area contributed by atoms with E-state index in [-0.39, 0.29) is 5.82 Å². The molecule has 1 aliphatic carbocycles. The summed E-state index contributed by atoms with van der Waals surface area (Å²) < 4.78 is 13.8. The molecule has 1 atom stereocenters. The highest BCUT2D eigenvalue weighted by molar-refractivity contribution is 5.74. The van der Waals surface area contributed by atoms with Crippen LogP contribution in [0.25, 0.3) is 0 Å². The van der Waals surface area contributed by atoms with Gasteiger partial charge in [-0.15, -0.1) is 0 Å². The van der Waals surface area contributed by atoms with Crippen molar-refractivity contribution in [2.75, 3.05) is 30.0 Å². The fourth-order valence-corrected chi connectivity index (χ4v) is 5.09. The summed E-state index contributed by atoms with van der Waals surface area (Å²) in [6.07, 6.45) is 5.83. The first-order chi connectivity index (χ1) is 12.8. The molecule has 2 aromatic rings. The molecule has 0 radical (unpaired) electrons. The molecule has 1 saturated heterocycles. The van der Waals surface area contributed by atoms with Crippen molar-refractivity contribution < 1.29 is 4.39 Å². The van der Waals surface area contributed by atoms with Gasteiger partial charge in [0.15, 0.2) is 0 Å². The molecule has 0 spiro atoms. The summed E-state index contributed by atoms with van der Waals surface area (Å²) in [4.78, 5) is 5.13. The molecule has 136 valence electrons. The van der Waals surface area contributed by atoms with E-state index in [0.29, 0.717) is 12.1 Å². The van der Waals surface area contributed by atoms with Crippen LogP contribution >= 0.6 is 0 Å². The maximum atomic E-state index is 13.8. The number of para-hydroxylation sites is 2. The van der Waals surface area contributed by atoms with E-state index in [4.69, 9.17) is 0 Å². The van der Waals surface area contributed by atoms with Crippen molar-refractivity contribution in [3.63, 3.8) is 0 Å². The first-order valence-electron chi connectivity index (χ1n) is 9.91. The molecule has 1 unspecified atom stereocenters. The Morgan fingerprint density at radius 1 is 1.00 bits per heavy atom. The van der Waals surface area contributed by atoms with Gasteiger partial charge in [0.25, 0.3) is 0 Å². The van der Waals surface area contributed by atoms with Gasteiger partial charge in [-0.3, -0.25) is 4.90 Å². The van der Waals surface area contributed by atoms with Crippen molar-refractivity contribution in [1.29, 1.82) is 0 Å². The zero-order chi connectivity index (χ0) is 17.5. The minimum absolute atomic E-state index is 0.0923. The monoisotopic (exact) mass is 351 g/mol. The molecule has 2 aromatic carbocycles. The van der Waals surface area contributed by atoms with E-state index < -0.39 is 0 Å². The van der Waals surface area contributed by atoms with Crippen molar-refractivity contribution in [3.05, 3.63) is 59.4 Å². The number of hydrogen-bond acceptors (Lipinski definition) is 3. The van der Waals surface area contributed by atoms with Crippen molar-refractivity contribution >= 4 is 11.4 Å². The fourth-order valence-electron chi connectivity index (χ4n) is 5.09. The van der Waals surface area contributed by atoms with Crippen LogP contribution in [-0.2, 0) is 6.42 Å². The van der Waals surface area contributed by atoms with Crippen molar-refractivity contribution in [2.45, 2.75) is 44.2 Å². The molecule has 0 amide bonds. The SMILES string of the molecule is Fc1ccc2c(c1)C(N1CCC(N3CNc4ccccc43)CC1)CCC2. The van der Waals surface area contributed by atoms with E-state index in [1.807, 2.05) is 6.07 Å². The second kappa shape index (κ2) is 6.58. The number of anilines is 2. The lowest BCUT2D eigenvalue weighted by Crippen LogP contribution is -2.46. The van der Waals surface area contributed by atoms with Gasteiger partial charge in [0.1, 0.15) is 5.82 Å². The minimum atomic E-state index is -0.0923. The van der Waals surface area contributed by atoms with Gasteiger partial charge in [-0.2, -0.15) is 0 Å². The van der Waals surface area contributed by atoms with E-state index in [1.165, 1.54) is 41.8 Å². The number of piperidine rings is 1. The first kappa shape index (κ1) is 16.1. The summed E-state index contributed by atoms with van der Waals surface area (Å²) in [6, 6.07) is 15.0. The van der Waals surface area contributed by atoms with Crippen molar-refractivity contribution in [1.82, 2.24) is 4.90 Å². The van der Waals surface area contributed by atoms with E-state index in [2.05, 4.69) is 39.4 Å². The number of nitrogens with zero attached hydrogens (tertiary/aromatic N) is 2. The third kappa shape index (κ3) is 2.77. The predicted octanol–water partition coefficient (Wildman–Crippen LogP) is 4.56. The largest absolute Gasteiger partial charge is 0.366 e. The van der Waals surface area contributed by atoms with Gasteiger partial charge >= 0.3 is 0 Å². The van der Waals surface area contributed by atoms with Gasteiger partial charge in [0.05, 0.1) is 18.0 Å². The van der Waals surface area contributed by atoms with Gasteiger partial charge in [-0.05, 0) is 67.5 Å². The molecule has 26 heavy (non-hydrogen) atoms. The summed E-state index contributed by atoms with van der Waals surface area (Å²) in [6.45, 7) is 3.12. The first-order valence-corrected chi connectivity index (χ1v) is 9.91. The summed E-state index contributed by atoms with van der Waals surface area (Å²) in [5, 5.41) is 3.51. The number of rotatable bonds is 2. The van der Waals surface area contributed by atoms with Crippen LogP contribution in [-0.4, -0.2) is 30.7 Å². The number of halogens is 1. The molecule has 0 bridgehead atoms. The summed E-state index contributed by atoms with van der Waals surface area (Å²) >= 11 is 0. The third-order valence-electron chi connectivity index (χ3n) is 6.42. The van der Waals surface area contributed by atoms with Gasteiger partial charge in [0.2, 0.25) is 0 Å². The van der Waals surface area contributed by atoms with Gasteiger partial charge in [-0.25, -0.2) is 4.39 Å². The highest BCUT2D eigenvalue weighted by Gasteiger charge is 2.33. The quantitative estimate of drug-likeness (QED) is 0.856. The maximum Gasteiger partial charge on any atom is 0.123 e. The van der Waals surface area contributed by atoms with Crippen LogP contribution in [0.2, 0.25) is 0 Å². The number of hydrogen-bond donors (Lipinski definition) is 1. The van der Waals surface area contributed by atoms with Crippen LogP contribution in [0.1, 0.15) is 42.9 Å². The van der Waals surface area contributed by atoms with Gasteiger partial charge < -0.3 is 10.2 Å². The second-order valence-electron chi connectivity index (χ2n) is 7.84. The fraction of sp³-hybridized carbons (Fsp3) is 0.455. The van der Waals surface area contributed by atoms with Crippen LogP contribution in [0.5, 0.6) is 0 Å². The summed E-state index contributed by atoms with van der Waals surface area (Å²) in [5.74, 6) is -0.0923. The Labute approximate surface area is 154 Å². The molecule has 1 fully saturated rings. The van der Waals surface area contributed by atoms with Crippen LogP contribution in [0.15, 0.2) is 42.5 Å². The Bertz CT molecular complexity index is 798. The normalized spacial score (nSPS) is 23.4. The van der Waals surface area contributed by atoms with Crippen molar-refractivity contribution in [2.24, 2.45) is 0 Å². The van der Waals surface area contributed by atoms with Crippen LogP contribution < -0.4 is 10.2 Å². The Kier molecular flexibility index (Phi) is 4.08. The van der Waals surface area contributed by atoms with E-state index >= 15 is 0 Å². The number of benzene rings is 2. The smallest absolute Gasteiger partial charge is 0.123 e. The Morgan fingerprint density at radius 3 is 2.73 bits per heavy atom. The average Bonchev–Trinajstić information content (AvgIpc) is 3.12. The number of fused-ring (bicyclic) bond motifs is 2. The topological polar surface area (TPSA) is 18.5 Å². The van der Waals surface area contributed by atoms with E-state index in [1.54, 1.807) is 12.1 Å².